The average molecular weight is 328 g/mol. The number of aryl methyl sites for hydroxylation is 3. The predicted octanol–water partition coefficient (Wildman–Crippen LogP) is 5.05. The molecule has 0 fully saturated rings. The molecule has 0 bridgehead atoms. The van der Waals surface area contributed by atoms with Gasteiger partial charge >= 0.3 is 0 Å². The largest absolute Gasteiger partial charge is 0.321 e. The highest BCUT2D eigenvalue weighted by atomic mass is 32.1. The first-order chi connectivity index (χ1) is 10.5. The summed E-state index contributed by atoms with van der Waals surface area (Å²) in [6.45, 7) is 6.15. The second-order valence-corrected chi connectivity index (χ2v) is 7.35. The number of amides is 1. The highest BCUT2D eigenvalue weighted by Gasteiger charge is 2.13. The second-order valence-electron chi connectivity index (χ2n) is 5.20. The number of hydrogen-bond acceptors (Lipinski definition) is 4. The predicted molar refractivity (Wildman–Crippen MR) is 94.0 cm³/mol. The van der Waals surface area contributed by atoms with Crippen LogP contribution >= 0.6 is 22.7 Å². The number of hydrogen-bond donors (Lipinski definition) is 1. The van der Waals surface area contributed by atoms with Gasteiger partial charge in [0.05, 0.1) is 4.88 Å². The van der Waals surface area contributed by atoms with Gasteiger partial charge in [-0.3, -0.25) is 4.79 Å². The molecule has 3 aromatic rings. The van der Waals surface area contributed by atoms with Crippen molar-refractivity contribution < 1.29 is 4.79 Å². The van der Waals surface area contributed by atoms with Crippen LogP contribution in [0.3, 0.4) is 0 Å². The number of nitrogens with one attached hydrogen (secondary N) is 1. The van der Waals surface area contributed by atoms with Gasteiger partial charge in [0.2, 0.25) is 0 Å². The molecule has 1 N–H and O–H groups in total. The number of anilines is 1. The zero-order chi connectivity index (χ0) is 15.7. The number of thiophene rings is 1. The molecule has 2 heterocycles. The molecule has 0 saturated heterocycles. The van der Waals surface area contributed by atoms with E-state index in [2.05, 4.69) is 30.2 Å². The Hall–Kier alpha value is -1.98. The lowest BCUT2D eigenvalue weighted by atomic mass is 10.1. The first-order valence-electron chi connectivity index (χ1n) is 6.94. The topological polar surface area (TPSA) is 42.0 Å². The van der Waals surface area contributed by atoms with E-state index in [1.807, 2.05) is 31.2 Å². The van der Waals surface area contributed by atoms with Crippen LogP contribution in [-0.2, 0) is 0 Å². The van der Waals surface area contributed by atoms with Crippen molar-refractivity contribution in [3.8, 4) is 9.88 Å². The number of rotatable bonds is 3. The van der Waals surface area contributed by atoms with Gasteiger partial charge in [-0.15, -0.1) is 22.7 Å². The van der Waals surface area contributed by atoms with Crippen LogP contribution in [0.2, 0.25) is 0 Å². The van der Waals surface area contributed by atoms with Gasteiger partial charge in [0.15, 0.2) is 0 Å². The summed E-state index contributed by atoms with van der Waals surface area (Å²) in [6.07, 6.45) is 0. The molecule has 22 heavy (non-hydrogen) atoms. The van der Waals surface area contributed by atoms with Gasteiger partial charge in [-0.1, -0.05) is 6.07 Å². The van der Waals surface area contributed by atoms with Crippen LogP contribution in [0.15, 0.2) is 35.7 Å². The van der Waals surface area contributed by atoms with Crippen LogP contribution in [-0.4, -0.2) is 10.9 Å². The van der Waals surface area contributed by atoms with Crippen LogP contribution in [0.5, 0.6) is 0 Å². The number of aromatic nitrogens is 1. The molecule has 0 atom stereocenters. The molecule has 5 heteroatoms. The minimum atomic E-state index is -0.168. The minimum Gasteiger partial charge on any atom is -0.321 e. The lowest BCUT2D eigenvalue weighted by Gasteiger charge is -2.06. The number of nitrogens with zero attached hydrogens (tertiary/aromatic N) is 1. The maximum Gasteiger partial charge on any atom is 0.275 e. The second kappa shape index (κ2) is 6.02. The number of benzene rings is 1. The van der Waals surface area contributed by atoms with Crippen LogP contribution in [0.25, 0.3) is 9.88 Å². The van der Waals surface area contributed by atoms with Crippen molar-refractivity contribution in [2.45, 2.75) is 20.8 Å². The van der Waals surface area contributed by atoms with E-state index in [1.165, 1.54) is 21.8 Å². The van der Waals surface area contributed by atoms with Crippen molar-refractivity contribution >= 4 is 34.3 Å². The van der Waals surface area contributed by atoms with E-state index in [1.54, 1.807) is 16.7 Å². The lowest BCUT2D eigenvalue weighted by Crippen LogP contribution is -2.12. The maximum absolute atomic E-state index is 12.3. The third-order valence-electron chi connectivity index (χ3n) is 3.45. The summed E-state index contributed by atoms with van der Waals surface area (Å²) in [6, 6.07) is 10.0. The monoisotopic (exact) mass is 328 g/mol. The fourth-order valence-corrected chi connectivity index (χ4v) is 3.79. The van der Waals surface area contributed by atoms with E-state index in [9.17, 15) is 4.79 Å². The maximum atomic E-state index is 12.3. The Morgan fingerprint density at radius 2 is 1.91 bits per heavy atom. The molecule has 1 amide bonds. The van der Waals surface area contributed by atoms with Crippen molar-refractivity contribution in [3.63, 3.8) is 0 Å². The zero-order valence-electron chi connectivity index (χ0n) is 12.6. The van der Waals surface area contributed by atoms with E-state index in [0.717, 1.165) is 21.1 Å². The molecule has 0 unspecified atom stereocenters. The van der Waals surface area contributed by atoms with E-state index in [0.29, 0.717) is 5.69 Å². The summed E-state index contributed by atoms with van der Waals surface area (Å²) in [5, 5.41) is 5.60. The molecular weight excluding hydrogens is 312 g/mol. The van der Waals surface area contributed by atoms with Crippen molar-refractivity contribution in [1.82, 2.24) is 4.98 Å². The zero-order valence-corrected chi connectivity index (χ0v) is 14.3. The molecule has 0 aliphatic rings. The molecular formula is C17H16N2OS2. The SMILES string of the molecule is Cc1ccc(-c2nc(C(=O)Nc3ccc(C)c(C)c3)cs2)s1. The van der Waals surface area contributed by atoms with Crippen molar-refractivity contribution in [2.24, 2.45) is 0 Å². The summed E-state index contributed by atoms with van der Waals surface area (Å²) < 4.78 is 0. The van der Waals surface area contributed by atoms with Gasteiger partial charge in [-0.25, -0.2) is 4.98 Å². The van der Waals surface area contributed by atoms with E-state index < -0.39 is 0 Å². The number of carbonyl (C=O) groups is 1. The van der Waals surface area contributed by atoms with Gasteiger partial charge in [0.25, 0.3) is 5.91 Å². The van der Waals surface area contributed by atoms with Crippen molar-refractivity contribution in [2.75, 3.05) is 5.32 Å². The Morgan fingerprint density at radius 1 is 1.09 bits per heavy atom. The van der Waals surface area contributed by atoms with E-state index in [-0.39, 0.29) is 5.91 Å². The summed E-state index contributed by atoms with van der Waals surface area (Å²) in [5.74, 6) is -0.168. The molecule has 0 spiro atoms. The third-order valence-corrected chi connectivity index (χ3v) is 5.46. The molecule has 0 aliphatic heterocycles. The summed E-state index contributed by atoms with van der Waals surface area (Å²) in [7, 11) is 0. The molecule has 2 aromatic heterocycles. The van der Waals surface area contributed by atoms with Gasteiger partial charge in [-0.2, -0.15) is 0 Å². The van der Waals surface area contributed by atoms with Crippen molar-refractivity contribution in [3.05, 3.63) is 57.4 Å². The molecule has 1 aromatic carbocycles. The quantitative estimate of drug-likeness (QED) is 0.731. The first kappa shape index (κ1) is 14.9. The molecule has 112 valence electrons. The molecule has 0 saturated carbocycles. The molecule has 0 aliphatic carbocycles. The average Bonchev–Trinajstić information content (AvgIpc) is 3.11. The highest BCUT2D eigenvalue weighted by molar-refractivity contribution is 7.21. The number of thiazole rings is 1. The Labute approximate surface area is 137 Å². The van der Waals surface area contributed by atoms with Gasteiger partial charge in [0.1, 0.15) is 10.7 Å². The summed E-state index contributed by atoms with van der Waals surface area (Å²) in [4.78, 5) is 19.1. The number of carbonyl (C=O) groups excluding carboxylic acids is 1. The van der Waals surface area contributed by atoms with Gasteiger partial charge in [0, 0.05) is 15.9 Å². The molecule has 3 rings (SSSR count). The first-order valence-corrected chi connectivity index (χ1v) is 8.63. The third kappa shape index (κ3) is 3.10. The summed E-state index contributed by atoms with van der Waals surface area (Å²) >= 11 is 3.19. The Balaban J connectivity index is 1.78. The Bertz CT molecular complexity index is 833. The fourth-order valence-electron chi connectivity index (χ4n) is 2.05. The lowest BCUT2D eigenvalue weighted by molar-refractivity contribution is 0.102. The fraction of sp³-hybridized carbons (Fsp3) is 0.176. The Morgan fingerprint density at radius 3 is 2.59 bits per heavy atom. The van der Waals surface area contributed by atoms with Crippen LogP contribution in [0, 0.1) is 20.8 Å². The molecule has 0 radical (unpaired) electrons. The van der Waals surface area contributed by atoms with Crippen LogP contribution in [0.4, 0.5) is 5.69 Å². The van der Waals surface area contributed by atoms with Crippen molar-refractivity contribution in [1.29, 1.82) is 0 Å². The summed E-state index contributed by atoms with van der Waals surface area (Å²) in [5.41, 5.74) is 3.63. The van der Waals surface area contributed by atoms with Gasteiger partial charge < -0.3 is 5.32 Å². The van der Waals surface area contributed by atoms with Crippen LogP contribution < -0.4 is 5.32 Å². The Kier molecular flexibility index (Phi) is 4.09. The standard InChI is InChI=1S/C17H16N2OS2/c1-10-4-6-13(8-11(10)2)18-16(20)14-9-21-17(19-14)15-7-5-12(3)22-15/h4-9H,1-3H3,(H,18,20). The molecule has 3 nitrogen and oxygen atoms in total. The normalized spacial score (nSPS) is 10.7. The minimum absolute atomic E-state index is 0.168. The smallest absolute Gasteiger partial charge is 0.275 e. The van der Waals surface area contributed by atoms with Crippen LogP contribution in [0.1, 0.15) is 26.5 Å². The highest BCUT2D eigenvalue weighted by Crippen LogP contribution is 2.30. The van der Waals surface area contributed by atoms with Gasteiger partial charge in [-0.05, 0) is 56.2 Å². The van der Waals surface area contributed by atoms with E-state index >= 15 is 0 Å². The van der Waals surface area contributed by atoms with E-state index in [4.69, 9.17) is 0 Å².